The highest BCUT2D eigenvalue weighted by Crippen LogP contribution is 2.55. The maximum atomic E-state index is 14.8. The minimum atomic E-state index is -6.73. The largest absolute Gasteiger partial charge is 0.460 e. The summed E-state index contributed by atoms with van der Waals surface area (Å²) in [5.74, 6) is -14.5. The Balaban J connectivity index is 2.18. The second kappa shape index (κ2) is 7.98. The van der Waals surface area contributed by atoms with Crippen LogP contribution in [0.2, 0.25) is 5.02 Å². The van der Waals surface area contributed by atoms with E-state index in [-0.39, 0.29) is 10.6 Å². The summed E-state index contributed by atoms with van der Waals surface area (Å²) in [5.41, 5.74) is -4.06. The zero-order valence-electron chi connectivity index (χ0n) is 17.0. The first-order valence-corrected chi connectivity index (χ1v) is 9.70. The van der Waals surface area contributed by atoms with Crippen LogP contribution < -0.4 is 0 Å². The first-order chi connectivity index (χ1) is 15.0. The highest BCUT2D eigenvalue weighted by atomic mass is 35.5. The molecule has 0 spiro atoms. The van der Waals surface area contributed by atoms with Gasteiger partial charge in [0.25, 0.3) is 5.91 Å². The van der Waals surface area contributed by atoms with Crippen molar-refractivity contribution in [2.24, 2.45) is 5.10 Å². The van der Waals surface area contributed by atoms with Gasteiger partial charge in [0.15, 0.2) is 0 Å². The lowest BCUT2D eigenvalue weighted by Crippen LogP contribution is -2.69. The number of hydrazone groups is 1. The first kappa shape index (κ1) is 25.0. The Morgan fingerprint density at radius 2 is 1.55 bits per heavy atom. The molecule has 1 atom stereocenters. The van der Waals surface area contributed by atoms with Crippen molar-refractivity contribution in [3.05, 3.63) is 69.7 Å². The van der Waals surface area contributed by atoms with Crippen molar-refractivity contribution < 1.29 is 40.6 Å². The van der Waals surface area contributed by atoms with Crippen LogP contribution in [0.25, 0.3) is 0 Å². The minimum Gasteiger partial charge on any atom is -0.364 e. The van der Waals surface area contributed by atoms with Gasteiger partial charge in [-0.1, -0.05) is 47.5 Å². The van der Waals surface area contributed by atoms with Gasteiger partial charge in [0.2, 0.25) is 5.72 Å². The number of carbonyl (C=O) groups is 1. The molecule has 0 aliphatic carbocycles. The Labute approximate surface area is 188 Å². The topological polar surface area (TPSA) is 52.9 Å². The molecule has 0 saturated carbocycles. The molecule has 12 heteroatoms. The molecule has 4 nitrogen and oxygen atoms in total. The van der Waals surface area contributed by atoms with E-state index in [4.69, 9.17) is 11.6 Å². The summed E-state index contributed by atoms with van der Waals surface area (Å²) in [6, 6.07) is 9.31. The predicted molar refractivity (Wildman–Crippen MR) is 106 cm³/mol. The van der Waals surface area contributed by atoms with Crippen LogP contribution >= 0.6 is 11.6 Å². The number of alkyl halides is 7. The summed E-state index contributed by atoms with van der Waals surface area (Å²) < 4.78 is 96.1. The van der Waals surface area contributed by atoms with Crippen LogP contribution in [-0.4, -0.2) is 45.5 Å². The maximum absolute atomic E-state index is 14.8. The van der Waals surface area contributed by atoms with Crippen LogP contribution in [0.4, 0.5) is 30.7 Å². The third-order valence-corrected chi connectivity index (χ3v) is 5.48. The molecule has 0 bridgehead atoms. The highest BCUT2D eigenvalue weighted by Gasteiger charge is 2.82. The molecule has 2 aromatic rings. The molecule has 0 unspecified atom stereocenters. The molecule has 0 aromatic heterocycles. The lowest BCUT2D eigenvalue weighted by atomic mass is 9.91. The molecule has 1 aliphatic heterocycles. The van der Waals surface area contributed by atoms with E-state index < -0.39 is 52.4 Å². The third-order valence-electron chi connectivity index (χ3n) is 5.17. The van der Waals surface area contributed by atoms with E-state index >= 15 is 0 Å². The van der Waals surface area contributed by atoms with E-state index in [0.717, 1.165) is 11.6 Å². The van der Waals surface area contributed by atoms with Gasteiger partial charge in [-0.05, 0) is 37.1 Å². The number of hydrogen-bond acceptors (Lipinski definition) is 3. The third kappa shape index (κ3) is 3.97. The molecule has 1 N–H and O–H groups in total. The van der Waals surface area contributed by atoms with Gasteiger partial charge < -0.3 is 5.11 Å². The van der Waals surface area contributed by atoms with Gasteiger partial charge in [0, 0.05) is 6.42 Å². The molecule has 3 rings (SSSR count). The zero-order chi connectivity index (χ0) is 25.0. The van der Waals surface area contributed by atoms with Gasteiger partial charge >= 0.3 is 18.0 Å². The van der Waals surface area contributed by atoms with Crippen LogP contribution in [0.15, 0.2) is 47.6 Å². The summed E-state index contributed by atoms with van der Waals surface area (Å²) in [7, 11) is 0. The van der Waals surface area contributed by atoms with Gasteiger partial charge in [-0.15, -0.1) is 0 Å². The molecule has 178 valence electrons. The van der Waals surface area contributed by atoms with E-state index in [1.54, 1.807) is 13.8 Å². The molecular formula is C21H16ClF7N2O2. The number of amides is 1. The Morgan fingerprint density at radius 3 is 2.06 bits per heavy atom. The van der Waals surface area contributed by atoms with E-state index in [0.29, 0.717) is 5.56 Å². The van der Waals surface area contributed by atoms with Crippen LogP contribution in [0.3, 0.4) is 0 Å². The Bertz CT molecular complexity index is 1120. The molecule has 0 saturated heterocycles. The van der Waals surface area contributed by atoms with Crippen LogP contribution in [0.5, 0.6) is 0 Å². The molecule has 0 radical (unpaired) electrons. The summed E-state index contributed by atoms with van der Waals surface area (Å²) in [6.45, 7) is 3.27. The van der Waals surface area contributed by atoms with Crippen LogP contribution in [-0.2, 0) is 0 Å². The van der Waals surface area contributed by atoms with Gasteiger partial charge in [0.05, 0.1) is 16.3 Å². The summed E-state index contributed by atoms with van der Waals surface area (Å²) >= 11 is 5.95. The van der Waals surface area contributed by atoms with Crippen molar-refractivity contribution in [1.29, 1.82) is 0 Å². The summed E-state index contributed by atoms with van der Waals surface area (Å²) in [6.07, 6.45) is -8.22. The SMILES string of the molecule is Cc1ccc(C2=NN(C(=O)c3ccc(C)cc3Cl)[C@@](O)(C(F)(F)C(F)(F)C(F)(F)F)C2)cc1. The quantitative estimate of drug-likeness (QED) is 0.550. The summed E-state index contributed by atoms with van der Waals surface area (Å²) in [4.78, 5) is 13.0. The van der Waals surface area contributed by atoms with Crippen molar-refractivity contribution >= 4 is 23.2 Å². The number of halogens is 8. The normalized spacial score (nSPS) is 19.6. The fourth-order valence-electron chi connectivity index (χ4n) is 3.25. The Hall–Kier alpha value is -2.66. The lowest BCUT2D eigenvalue weighted by Gasteiger charge is -2.41. The standard InChI is InChI=1S/C21H16ClF7N2O2/c1-11-3-6-13(7-4-11)16-10-18(33,19(23,24)20(25,26)21(27,28)29)31(30-16)17(32)14-8-5-12(2)9-15(14)22/h3-9,33H,10H2,1-2H3/t18-/m0/s1. The summed E-state index contributed by atoms with van der Waals surface area (Å²) in [5, 5.41) is 13.5. The molecule has 0 fully saturated rings. The zero-order valence-corrected chi connectivity index (χ0v) is 17.8. The number of carbonyl (C=O) groups excluding carboxylic acids is 1. The fourth-order valence-corrected chi connectivity index (χ4v) is 3.56. The van der Waals surface area contributed by atoms with Gasteiger partial charge in [-0.2, -0.15) is 40.8 Å². The minimum absolute atomic E-state index is 0.0375. The molecule has 1 aliphatic rings. The average Bonchev–Trinajstić information content (AvgIpc) is 3.06. The van der Waals surface area contributed by atoms with Gasteiger partial charge in [0.1, 0.15) is 0 Å². The smallest absolute Gasteiger partial charge is 0.364 e. The van der Waals surface area contributed by atoms with E-state index in [1.165, 1.54) is 36.4 Å². The first-order valence-electron chi connectivity index (χ1n) is 9.33. The van der Waals surface area contributed by atoms with Crippen LogP contribution in [0.1, 0.15) is 33.5 Å². The van der Waals surface area contributed by atoms with E-state index in [1.807, 2.05) is 0 Å². The predicted octanol–water partition coefficient (Wildman–Crippen LogP) is 5.73. The highest BCUT2D eigenvalue weighted by molar-refractivity contribution is 6.34. The number of rotatable bonds is 4. The number of hydrogen-bond donors (Lipinski definition) is 1. The number of aryl methyl sites for hydroxylation is 2. The molecule has 33 heavy (non-hydrogen) atoms. The lowest BCUT2D eigenvalue weighted by molar-refractivity contribution is -0.400. The maximum Gasteiger partial charge on any atom is 0.460 e. The number of nitrogens with zero attached hydrogens (tertiary/aromatic N) is 2. The van der Waals surface area contributed by atoms with Crippen LogP contribution in [0, 0.1) is 13.8 Å². The van der Waals surface area contributed by atoms with Crippen molar-refractivity contribution in [3.63, 3.8) is 0 Å². The molecule has 2 aromatic carbocycles. The number of benzene rings is 2. The van der Waals surface area contributed by atoms with E-state index in [9.17, 15) is 40.6 Å². The molecule has 1 amide bonds. The van der Waals surface area contributed by atoms with Crippen molar-refractivity contribution in [2.45, 2.75) is 44.0 Å². The van der Waals surface area contributed by atoms with Crippen molar-refractivity contribution in [3.8, 4) is 0 Å². The molecule has 1 heterocycles. The van der Waals surface area contributed by atoms with Gasteiger partial charge in [-0.3, -0.25) is 4.79 Å². The second-order valence-corrected chi connectivity index (χ2v) is 8.06. The fraction of sp³-hybridized carbons (Fsp3) is 0.333. The van der Waals surface area contributed by atoms with Crippen molar-refractivity contribution in [2.75, 3.05) is 0 Å². The molecular weight excluding hydrogens is 481 g/mol. The Morgan fingerprint density at radius 1 is 1.00 bits per heavy atom. The van der Waals surface area contributed by atoms with Crippen molar-refractivity contribution in [1.82, 2.24) is 5.01 Å². The second-order valence-electron chi connectivity index (χ2n) is 7.65. The number of aliphatic hydroxyl groups is 1. The van der Waals surface area contributed by atoms with E-state index in [2.05, 4.69) is 5.10 Å². The Kier molecular flexibility index (Phi) is 6.04. The van der Waals surface area contributed by atoms with Gasteiger partial charge in [-0.25, -0.2) is 0 Å². The average molecular weight is 497 g/mol. The monoisotopic (exact) mass is 496 g/mol.